The Kier molecular flexibility index (Phi) is 5.84. The zero-order chi connectivity index (χ0) is 18.2. The molecule has 0 fully saturated rings. The van der Waals surface area contributed by atoms with Crippen LogP contribution in [-0.4, -0.2) is 15.0 Å². The molecule has 0 atom stereocenters. The highest BCUT2D eigenvalue weighted by Crippen LogP contribution is 2.28. The van der Waals surface area contributed by atoms with Crippen LogP contribution in [0.2, 0.25) is 0 Å². The quantitative estimate of drug-likeness (QED) is 0.466. The van der Waals surface area contributed by atoms with Crippen molar-refractivity contribution in [1.29, 1.82) is 0 Å². The molecule has 3 nitrogen and oxygen atoms in total. The summed E-state index contributed by atoms with van der Waals surface area (Å²) in [6, 6.07) is 26.1. The second-order valence-corrected chi connectivity index (χ2v) is 5.42. The number of rotatable bonds is 3. The van der Waals surface area contributed by atoms with Gasteiger partial charge < -0.3 is 0 Å². The summed E-state index contributed by atoms with van der Waals surface area (Å²) in [4.78, 5) is 13.6. The Bertz CT molecular complexity index is 797. The molecule has 0 unspecified atom stereocenters. The van der Waals surface area contributed by atoms with Crippen molar-refractivity contribution >= 4 is 0 Å². The van der Waals surface area contributed by atoms with Gasteiger partial charge in [-0.3, -0.25) is 9.97 Å². The summed E-state index contributed by atoms with van der Waals surface area (Å²) in [7, 11) is 0. The molecule has 0 bridgehead atoms. The van der Waals surface area contributed by atoms with E-state index in [2.05, 4.69) is 34.2 Å². The number of aromatic nitrogens is 3. The molecule has 0 aliphatic carbocycles. The van der Waals surface area contributed by atoms with Crippen LogP contribution in [0.5, 0.6) is 0 Å². The molecule has 128 valence electrons. The fourth-order valence-electron chi connectivity index (χ4n) is 2.62. The Morgan fingerprint density at radius 2 is 1.00 bits per heavy atom. The summed E-state index contributed by atoms with van der Waals surface area (Å²) in [5.41, 5.74) is 5.65. The SMILES string of the molecule is CC.c1ccc(-c2cc(-c3ccccn3)nc(-c3ccccn3)c2)cc1. The van der Waals surface area contributed by atoms with E-state index in [-0.39, 0.29) is 0 Å². The predicted octanol–water partition coefficient (Wildman–Crippen LogP) is 5.90. The summed E-state index contributed by atoms with van der Waals surface area (Å²) in [6.07, 6.45) is 3.57. The van der Waals surface area contributed by atoms with Crippen LogP contribution in [0, 0.1) is 0 Å². The zero-order valence-electron chi connectivity index (χ0n) is 15.0. The lowest BCUT2D eigenvalue weighted by atomic mass is 10.0. The summed E-state index contributed by atoms with van der Waals surface area (Å²) in [6.45, 7) is 4.00. The van der Waals surface area contributed by atoms with Gasteiger partial charge in [0, 0.05) is 12.4 Å². The van der Waals surface area contributed by atoms with Gasteiger partial charge in [-0.1, -0.05) is 56.3 Å². The van der Waals surface area contributed by atoms with Crippen molar-refractivity contribution in [3.8, 4) is 33.9 Å². The van der Waals surface area contributed by atoms with E-state index in [0.717, 1.165) is 33.9 Å². The molecule has 0 radical (unpaired) electrons. The highest BCUT2D eigenvalue weighted by atomic mass is 14.8. The molecule has 0 aliphatic heterocycles. The average Bonchev–Trinajstić information content (AvgIpc) is 2.77. The molecule has 3 aromatic heterocycles. The maximum Gasteiger partial charge on any atom is 0.0900 e. The number of nitrogens with zero attached hydrogens (tertiary/aromatic N) is 3. The number of pyridine rings is 3. The number of benzene rings is 1. The van der Waals surface area contributed by atoms with Gasteiger partial charge in [-0.15, -0.1) is 0 Å². The van der Waals surface area contributed by atoms with Gasteiger partial charge in [0.1, 0.15) is 0 Å². The van der Waals surface area contributed by atoms with Crippen molar-refractivity contribution in [3.05, 3.63) is 91.3 Å². The van der Waals surface area contributed by atoms with E-state index < -0.39 is 0 Å². The van der Waals surface area contributed by atoms with Crippen LogP contribution in [0.4, 0.5) is 0 Å². The van der Waals surface area contributed by atoms with Gasteiger partial charge in [-0.2, -0.15) is 0 Å². The minimum absolute atomic E-state index is 0.845. The molecule has 0 N–H and O–H groups in total. The molecule has 0 saturated carbocycles. The second kappa shape index (κ2) is 8.67. The minimum Gasteiger partial charge on any atom is -0.255 e. The van der Waals surface area contributed by atoms with Gasteiger partial charge in [0.2, 0.25) is 0 Å². The lowest BCUT2D eigenvalue weighted by molar-refractivity contribution is 1.22. The highest BCUT2D eigenvalue weighted by molar-refractivity contribution is 5.74. The second-order valence-electron chi connectivity index (χ2n) is 5.42. The molecule has 0 amide bonds. The van der Waals surface area contributed by atoms with E-state index in [1.54, 1.807) is 12.4 Å². The number of hydrogen-bond donors (Lipinski definition) is 0. The van der Waals surface area contributed by atoms with Crippen LogP contribution >= 0.6 is 0 Å². The van der Waals surface area contributed by atoms with Gasteiger partial charge in [0.15, 0.2) is 0 Å². The first-order chi connectivity index (χ1) is 12.9. The summed E-state index contributed by atoms with van der Waals surface area (Å²) in [5.74, 6) is 0. The van der Waals surface area contributed by atoms with Gasteiger partial charge >= 0.3 is 0 Å². The first-order valence-corrected chi connectivity index (χ1v) is 8.80. The van der Waals surface area contributed by atoms with E-state index >= 15 is 0 Å². The normalized spacial score (nSPS) is 9.92. The third-order valence-electron chi connectivity index (χ3n) is 3.79. The van der Waals surface area contributed by atoms with Gasteiger partial charge in [-0.05, 0) is 47.5 Å². The largest absolute Gasteiger partial charge is 0.255 e. The molecular formula is C23H21N3. The van der Waals surface area contributed by atoms with Gasteiger partial charge in [0.25, 0.3) is 0 Å². The van der Waals surface area contributed by atoms with Crippen LogP contribution in [0.1, 0.15) is 13.8 Å². The molecule has 4 rings (SSSR count). The highest BCUT2D eigenvalue weighted by Gasteiger charge is 2.09. The van der Waals surface area contributed by atoms with Crippen LogP contribution in [0.25, 0.3) is 33.9 Å². The topological polar surface area (TPSA) is 38.7 Å². The van der Waals surface area contributed by atoms with Crippen LogP contribution in [-0.2, 0) is 0 Å². The van der Waals surface area contributed by atoms with Gasteiger partial charge in [-0.25, -0.2) is 4.98 Å². The third kappa shape index (κ3) is 4.01. The molecule has 3 heteroatoms. The van der Waals surface area contributed by atoms with Crippen LogP contribution in [0.15, 0.2) is 91.3 Å². The molecule has 4 aromatic rings. The first-order valence-electron chi connectivity index (χ1n) is 8.80. The standard InChI is InChI=1S/C21H15N3.C2H6/c1-2-8-16(9-3-1)17-14-20(18-10-4-6-12-22-18)24-21(15-17)19-11-5-7-13-23-19;1-2/h1-15H;1-2H3. The van der Waals surface area contributed by atoms with Crippen molar-refractivity contribution in [2.45, 2.75) is 13.8 Å². The Morgan fingerprint density at radius 1 is 0.500 bits per heavy atom. The lowest BCUT2D eigenvalue weighted by Crippen LogP contribution is -1.93. The summed E-state index contributed by atoms with van der Waals surface area (Å²) in [5, 5.41) is 0. The smallest absolute Gasteiger partial charge is 0.0900 e. The first kappa shape index (κ1) is 17.5. The van der Waals surface area contributed by atoms with Crippen molar-refractivity contribution in [2.75, 3.05) is 0 Å². The van der Waals surface area contributed by atoms with Gasteiger partial charge in [0.05, 0.1) is 22.8 Å². The fraction of sp³-hybridized carbons (Fsp3) is 0.0870. The molecule has 26 heavy (non-hydrogen) atoms. The third-order valence-corrected chi connectivity index (χ3v) is 3.79. The molecular weight excluding hydrogens is 318 g/mol. The van der Waals surface area contributed by atoms with Crippen molar-refractivity contribution in [1.82, 2.24) is 15.0 Å². The van der Waals surface area contributed by atoms with E-state index in [1.807, 2.05) is 68.4 Å². The molecule has 3 heterocycles. The summed E-state index contributed by atoms with van der Waals surface area (Å²) < 4.78 is 0. The molecule has 1 aromatic carbocycles. The summed E-state index contributed by atoms with van der Waals surface area (Å²) >= 11 is 0. The minimum atomic E-state index is 0.845. The maximum absolute atomic E-state index is 4.77. The monoisotopic (exact) mass is 339 g/mol. The average molecular weight is 339 g/mol. The molecule has 0 spiro atoms. The Hall–Kier alpha value is -3.33. The zero-order valence-corrected chi connectivity index (χ0v) is 15.0. The van der Waals surface area contributed by atoms with E-state index in [9.17, 15) is 0 Å². The lowest BCUT2D eigenvalue weighted by Gasteiger charge is -2.09. The van der Waals surface area contributed by atoms with Crippen molar-refractivity contribution in [3.63, 3.8) is 0 Å². The number of hydrogen-bond acceptors (Lipinski definition) is 3. The Balaban J connectivity index is 0.000000948. The van der Waals surface area contributed by atoms with Crippen LogP contribution in [0.3, 0.4) is 0 Å². The Labute approximate surface area is 154 Å². The van der Waals surface area contributed by atoms with E-state index in [4.69, 9.17) is 4.98 Å². The Morgan fingerprint density at radius 3 is 1.46 bits per heavy atom. The van der Waals surface area contributed by atoms with E-state index in [1.165, 1.54) is 0 Å². The molecule has 0 saturated heterocycles. The maximum atomic E-state index is 4.77. The fourth-order valence-corrected chi connectivity index (χ4v) is 2.62. The van der Waals surface area contributed by atoms with Crippen molar-refractivity contribution < 1.29 is 0 Å². The molecule has 0 aliphatic rings. The van der Waals surface area contributed by atoms with Crippen LogP contribution < -0.4 is 0 Å². The van der Waals surface area contributed by atoms with E-state index in [0.29, 0.717) is 0 Å². The van der Waals surface area contributed by atoms with Crippen molar-refractivity contribution in [2.24, 2.45) is 0 Å². The predicted molar refractivity (Wildman–Crippen MR) is 107 cm³/mol.